The van der Waals surface area contributed by atoms with Gasteiger partial charge in [0.15, 0.2) is 0 Å². The van der Waals surface area contributed by atoms with Gasteiger partial charge in [-0.05, 0) is 63.0 Å². The van der Waals surface area contributed by atoms with Crippen LogP contribution < -0.4 is 0 Å². The van der Waals surface area contributed by atoms with E-state index in [1.807, 2.05) is 32.1 Å². The van der Waals surface area contributed by atoms with Gasteiger partial charge in [0.25, 0.3) is 0 Å². The fourth-order valence-electron chi connectivity index (χ4n) is 4.87. The smallest absolute Gasteiger partial charge is 0.0956 e. The van der Waals surface area contributed by atoms with E-state index < -0.39 is 0 Å². The van der Waals surface area contributed by atoms with Gasteiger partial charge in [-0.15, -0.1) is 0 Å². The molecule has 0 fully saturated rings. The molecule has 34 heavy (non-hydrogen) atoms. The van der Waals surface area contributed by atoms with Crippen molar-refractivity contribution in [2.24, 2.45) is 4.99 Å². The van der Waals surface area contributed by atoms with Gasteiger partial charge in [-0.3, -0.25) is 4.99 Å². The Morgan fingerprint density at radius 1 is 0.706 bits per heavy atom. The number of nitrogens with zero attached hydrogens (tertiary/aromatic N) is 3. The maximum atomic E-state index is 4.39. The minimum absolute atomic E-state index is 0.897. The van der Waals surface area contributed by atoms with Crippen molar-refractivity contribution in [3.63, 3.8) is 0 Å². The Morgan fingerprint density at radius 3 is 1.88 bits per heavy atom. The van der Waals surface area contributed by atoms with Crippen molar-refractivity contribution in [3.8, 4) is 11.4 Å². The van der Waals surface area contributed by atoms with Crippen LogP contribution in [0.1, 0.15) is 30.8 Å². The summed E-state index contributed by atoms with van der Waals surface area (Å²) in [7, 11) is 0. The minimum atomic E-state index is 0.897. The molecule has 0 aliphatic rings. The van der Waals surface area contributed by atoms with E-state index in [1.165, 1.54) is 5.39 Å². The fraction of sp³-hybridized carbons (Fsp3) is 0.0645. The quantitative estimate of drug-likeness (QED) is 0.235. The lowest BCUT2D eigenvalue weighted by Gasteiger charge is -2.14. The predicted octanol–water partition coefficient (Wildman–Crippen LogP) is 8.62. The van der Waals surface area contributed by atoms with Gasteiger partial charge >= 0.3 is 0 Å². The van der Waals surface area contributed by atoms with Crippen molar-refractivity contribution in [1.29, 1.82) is 0 Å². The zero-order chi connectivity index (χ0) is 23.7. The second-order valence-corrected chi connectivity index (χ2v) is 8.12. The molecule has 0 unspecified atom stereocenters. The van der Waals surface area contributed by atoms with Gasteiger partial charge in [0, 0.05) is 27.7 Å². The zero-order valence-electron chi connectivity index (χ0n) is 19.6. The van der Waals surface area contributed by atoms with E-state index in [0.29, 0.717) is 0 Å². The molecular weight excluding hydrogens is 414 g/mol. The number of allylic oxidation sites excluding steroid dienone is 2. The number of fused-ring (bicyclic) bond motifs is 2. The van der Waals surface area contributed by atoms with Gasteiger partial charge in [-0.25, -0.2) is 0 Å². The van der Waals surface area contributed by atoms with Crippen LogP contribution in [0.25, 0.3) is 51.4 Å². The number of aromatic nitrogens is 2. The number of para-hydroxylation sites is 2. The second kappa shape index (κ2) is 8.87. The van der Waals surface area contributed by atoms with Gasteiger partial charge in [0.05, 0.1) is 28.1 Å². The van der Waals surface area contributed by atoms with Crippen molar-refractivity contribution in [2.75, 3.05) is 0 Å². The highest BCUT2D eigenvalue weighted by Crippen LogP contribution is 2.38. The third-order valence-electron chi connectivity index (χ3n) is 6.19. The predicted molar refractivity (Wildman–Crippen MR) is 149 cm³/mol. The lowest BCUT2D eigenvalue weighted by molar-refractivity contribution is 1.07. The maximum absolute atomic E-state index is 4.39. The highest BCUT2D eigenvalue weighted by Gasteiger charge is 2.18. The van der Waals surface area contributed by atoms with Gasteiger partial charge in [0.2, 0.25) is 0 Å². The van der Waals surface area contributed by atoms with Crippen LogP contribution in [0.4, 0.5) is 5.69 Å². The number of rotatable bonds is 6. The summed E-state index contributed by atoms with van der Waals surface area (Å²) in [5.41, 5.74) is 8.60. The Balaban J connectivity index is 1.84. The number of benzene rings is 3. The van der Waals surface area contributed by atoms with Gasteiger partial charge < -0.3 is 9.13 Å². The van der Waals surface area contributed by atoms with Gasteiger partial charge in [-0.2, -0.15) is 0 Å². The minimum Gasteiger partial charge on any atom is -0.309 e. The number of hydrogen-bond donors (Lipinski definition) is 0. The van der Waals surface area contributed by atoms with Crippen LogP contribution in [-0.2, 0) is 0 Å². The first kappa shape index (κ1) is 21.5. The van der Waals surface area contributed by atoms with E-state index in [9.17, 15) is 0 Å². The van der Waals surface area contributed by atoms with Crippen molar-refractivity contribution >= 4 is 52.4 Å². The molecule has 2 heterocycles. The standard InChI is InChI=1S/C31H27N3/c1-5-13-27-24(7-3)25-17-8-10-19-28(25)33(27)22-15-12-16-23(21-22)34-29-20-11-9-18-26(29)31(32-4)30(34)14-6-2/h5-21H,3-4H2,1-2H3/b13-5-,14-6-. The first-order chi connectivity index (χ1) is 16.7. The highest BCUT2D eigenvalue weighted by molar-refractivity contribution is 5.99. The van der Waals surface area contributed by atoms with Crippen molar-refractivity contribution in [3.05, 3.63) is 108 Å². The molecule has 3 heteroatoms. The van der Waals surface area contributed by atoms with E-state index >= 15 is 0 Å². The molecule has 0 N–H and O–H groups in total. The summed E-state index contributed by atoms with van der Waals surface area (Å²) >= 11 is 0. The molecule has 0 aliphatic carbocycles. The Labute approximate surface area is 200 Å². The van der Waals surface area contributed by atoms with Crippen molar-refractivity contribution < 1.29 is 0 Å². The third kappa shape index (κ3) is 3.25. The molecule has 0 amide bonds. The summed E-state index contributed by atoms with van der Waals surface area (Å²) in [6, 6.07) is 25.5. The van der Waals surface area contributed by atoms with Crippen molar-refractivity contribution in [1.82, 2.24) is 9.13 Å². The van der Waals surface area contributed by atoms with E-state index in [-0.39, 0.29) is 0 Å². The summed E-state index contributed by atoms with van der Waals surface area (Å²) in [5, 5.41) is 2.28. The topological polar surface area (TPSA) is 22.2 Å². The van der Waals surface area contributed by atoms with Crippen LogP contribution in [0.15, 0.2) is 96.5 Å². The molecule has 5 aromatic rings. The molecule has 166 valence electrons. The molecule has 0 radical (unpaired) electrons. The second-order valence-electron chi connectivity index (χ2n) is 8.12. The normalized spacial score (nSPS) is 11.8. The van der Waals surface area contributed by atoms with E-state index in [4.69, 9.17) is 0 Å². The lowest BCUT2D eigenvalue weighted by atomic mass is 10.1. The molecule has 3 aromatic carbocycles. The molecule has 0 aliphatic heterocycles. The van der Waals surface area contributed by atoms with Gasteiger partial charge in [0.1, 0.15) is 0 Å². The van der Waals surface area contributed by atoms with Crippen LogP contribution in [-0.4, -0.2) is 15.9 Å². The molecule has 5 rings (SSSR count). The Morgan fingerprint density at radius 2 is 1.26 bits per heavy atom. The summed E-state index contributed by atoms with van der Waals surface area (Å²) in [5.74, 6) is 0. The maximum Gasteiger partial charge on any atom is 0.0956 e. The third-order valence-corrected chi connectivity index (χ3v) is 6.19. The molecule has 0 bridgehead atoms. The van der Waals surface area contributed by atoms with E-state index in [0.717, 1.165) is 50.4 Å². The van der Waals surface area contributed by atoms with Crippen LogP contribution >= 0.6 is 0 Å². The monoisotopic (exact) mass is 441 g/mol. The van der Waals surface area contributed by atoms with Crippen molar-refractivity contribution in [2.45, 2.75) is 13.8 Å². The first-order valence-electron chi connectivity index (χ1n) is 11.5. The molecule has 0 spiro atoms. The van der Waals surface area contributed by atoms with Crippen LogP contribution in [0.2, 0.25) is 0 Å². The number of aliphatic imine (C=N–C) groups is 1. The summed E-state index contributed by atoms with van der Waals surface area (Å²) < 4.78 is 4.57. The van der Waals surface area contributed by atoms with Crippen LogP contribution in [0, 0.1) is 0 Å². The molecule has 0 saturated carbocycles. The molecule has 3 nitrogen and oxygen atoms in total. The first-order valence-corrected chi connectivity index (χ1v) is 11.5. The average Bonchev–Trinajstić information content (AvgIpc) is 3.36. The fourth-order valence-corrected chi connectivity index (χ4v) is 4.87. The summed E-state index contributed by atoms with van der Waals surface area (Å²) in [6.07, 6.45) is 10.3. The Kier molecular flexibility index (Phi) is 5.60. The van der Waals surface area contributed by atoms with E-state index in [1.54, 1.807) is 0 Å². The van der Waals surface area contributed by atoms with Crippen LogP contribution in [0.5, 0.6) is 0 Å². The SMILES string of the molecule is C=Cc1c(/C=C\C)n(-c2cccc(-n3c(/C=C\C)c(N=C)c4ccccc43)c2)c2ccccc12. The zero-order valence-corrected chi connectivity index (χ0v) is 19.6. The Hall–Kier alpha value is -4.37. The Bertz CT molecular complexity index is 1490. The molecule has 2 aromatic heterocycles. The molecule has 0 atom stereocenters. The largest absolute Gasteiger partial charge is 0.309 e. The number of hydrogen-bond acceptors (Lipinski definition) is 1. The molecule has 0 saturated heterocycles. The summed E-state index contributed by atoms with van der Waals surface area (Å²) in [6.45, 7) is 12.0. The molecular formula is C31H27N3. The van der Waals surface area contributed by atoms with Crippen LogP contribution in [0.3, 0.4) is 0 Å². The lowest BCUT2D eigenvalue weighted by Crippen LogP contribution is -2.01. The van der Waals surface area contributed by atoms with E-state index in [2.05, 4.69) is 112 Å². The highest BCUT2D eigenvalue weighted by atomic mass is 15.0. The van der Waals surface area contributed by atoms with Gasteiger partial charge in [-0.1, -0.05) is 67.3 Å². The summed E-state index contributed by atoms with van der Waals surface area (Å²) in [4.78, 5) is 4.39. The average molecular weight is 442 g/mol.